The van der Waals surface area contributed by atoms with Gasteiger partial charge in [0.05, 0.1) is 5.69 Å². The van der Waals surface area contributed by atoms with Gasteiger partial charge in [-0.3, -0.25) is 0 Å². The number of nitrogens with zero attached hydrogens (tertiary/aromatic N) is 1. The monoisotopic (exact) mass is 328 g/mol. The molecule has 0 heterocycles. The lowest BCUT2D eigenvalue weighted by Gasteiger charge is -2.30. The Bertz CT molecular complexity index is 573. The van der Waals surface area contributed by atoms with E-state index in [4.69, 9.17) is 0 Å². The Morgan fingerprint density at radius 2 is 1.95 bits per heavy atom. The molecule has 0 saturated heterocycles. The second-order valence-electron chi connectivity index (χ2n) is 5.65. The summed E-state index contributed by atoms with van der Waals surface area (Å²) < 4.78 is 26.1. The Labute approximate surface area is 132 Å². The minimum atomic E-state index is -3.41. The van der Waals surface area contributed by atoms with E-state index >= 15 is 0 Å². The van der Waals surface area contributed by atoms with E-state index in [1.165, 1.54) is 17.1 Å². The summed E-state index contributed by atoms with van der Waals surface area (Å²) in [6, 6.07) is 7.54. The van der Waals surface area contributed by atoms with Gasteiger partial charge in [-0.25, -0.2) is 12.7 Å². The predicted octanol–water partition coefficient (Wildman–Crippen LogP) is 3.02. The predicted molar refractivity (Wildman–Crippen MR) is 90.5 cm³/mol. The first-order valence-electron chi connectivity index (χ1n) is 7.26. The molecular weight excluding hydrogens is 304 g/mol. The van der Waals surface area contributed by atoms with Gasteiger partial charge in [0.15, 0.2) is 0 Å². The van der Waals surface area contributed by atoms with Crippen LogP contribution in [0.5, 0.6) is 0 Å². The molecule has 118 valence electrons. The van der Waals surface area contributed by atoms with Crippen molar-refractivity contribution in [3.63, 3.8) is 0 Å². The third kappa shape index (κ3) is 3.93. The molecule has 1 aliphatic rings. The highest BCUT2D eigenvalue weighted by Crippen LogP contribution is 2.31. The van der Waals surface area contributed by atoms with Gasteiger partial charge in [-0.2, -0.15) is 11.8 Å². The first-order valence-corrected chi connectivity index (χ1v) is 9.99. The van der Waals surface area contributed by atoms with Crippen LogP contribution in [0.4, 0.5) is 5.69 Å². The van der Waals surface area contributed by atoms with Crippen LogP contribution in [-0.4, -0.2) is 44.4 Å². The Kier molecular flexibility index (Phi) is 5.57. The lowest BCUT2D eigenvalue weighted by Crippen LogP contribution is -2.30. The number of rotatable bonds is 5. The van der Waals surface area contributed by atoms with Crippen molar-refractivity contribution in [2.75, 3.05) is 25.7 Å². The highest BCUT2D eigenvalue weighted by molar-refractivity contribution is 7.99. The van der Waals surface area contributed by atoms with Gasteiger partial charge in [-0.1, -0.05) is 18.6 Å². The van der Waals surface area contributed by atoms with Crippen molar-refractivity contribution in [2.24, 2.45) is 0 Å². The fourth-order valence-corrected chi connectivity index (χ4v) is 4.59. The molecule has 0 radical (unpaired) electrons. The molecule has 1 N–H and O–H groups in total. The van der Waals surface area contributed by atoms with Gasteiger partial charge in [0.2, 0.25) is 10.0 Å². The number of para-hydroxylation sites is 1. The van der Waals surface area contributed by atoms with E-state index < -0.39 is 10.0 Å². The highest BCUT2D eigenvalue weighted by atomic mass is 32.2. The quantitative estimate of drug-likeness (QED) is 0.902. The summed E-state index contributed by atoms with van der Waals surface area (Å²) in [5.41, 5.74) is 0.720. The molecule has 0 spiro atoms. The van der Waals surface area contributed by atoms with Crippen molar-refractivity contribution in [1.29, 1.82) is 0 Å². The van der Waals surface area contributed by atoms with Crippen molar-refractivity contribution in [1.82, 2.24) is 4.31 Å². The largest absolute Gasteiger partial charge is 0.381 e. The zero-order valence-electron chi connectivity index (χ0n) is 12.9. The zero-order chi connectivity index (χ0) is 15.5. The fraction of sp³-hybridized carbons (Fsp3) is 0.600. The van der Waals surface area contributed by atoms with Crippen LogP contribution in [0, 0.1) is 0 Å². The van der Waals surface area contributed by atoms with Gasteiger partial charge in [0.25, 0.3) is 0 Å². The van der Waals surface area contributed by atoms with Crippen LogP contribution in [0.25, 0.3) is 0 Å². The fourth-order valence-electron chi connectivity index (χ4n) is 2.72. The lowest BCUT2D eigenvalue weighted by atomic mass is 9.95. The topological polar surface area (TPSA) is 49.4 Å². The zero-order valence-corrected chi connectivity index (χ0v) is 14.5. The second kappa shape index (κ2) is 7.03. The van der Waals surface area contributed by atoms with E-state index in [0.29, 0.717) is 16.2 Å². The summed E-state index contributed by atoms with van der Waals surface area (Å²) in [4.78, 5) is 0.362. The van der Waals surface area contributed by atoms with Crippen molar-refractivity contribution in [3.05, 3.63) is 24.3 Å². The average molecular weight is 329 g/mol. The van der Waals surface area contributed by atoms with Gasteiger partial charge in [0.1, 0.15) is 4.90 Å². The molecule has 21 heavy (non-hydrogen) atoms. The van der Waals surface area contributed by atoms with Crippen LogP contribution < -0.4 is 5.32 Å². The van der Waals surface area contributed by atoms with Crippen molar-refractivity contribution < 1.29 is 8.42 Å². The van der Waals surface area contributed by atoms with Crippen molar-refractivity contribution in [2.45, 2.75) is 41.9 Å². The third-order valence-electron chi connectivity index (χ3n) is 3.96. The molecular formula is C15H24N2O2S2. The van der Waals surface area contributed by atoms with E-state index in [-0.39, 0.29) is 0 Å². The standard InChI is InChI=1S/C15H24N2O2S2/c1-17(2)21(18,19)15-10-5-4-9-14(15)16-12-7-6-8-13(11-12)20-3/h4-5,9-10,12-13,16H,6-8,11H2,1-3H3. The molecule has 0 aromatic heterocycles. The van der Waals surface area contributed by atoms with Gasteiger partial charge in [0, 0.05) is 25.4 Å². The maximum atomic E-state index is 12.4. The second-order valence-corrected chi connectivity index (χ2v) is 8.91. The molecule has 0 amide bonds. The molecule has 4 nitrogen and oxygen atoms in total. The van der Waals surface area contributed by atoms with E-state index in [1.807, 2.05) is 23.9 Å². The van der Waals surface area contributed by atoms with Gasteiger partial charge >= 0.3 is 0 Å². The first-order chi connectivity index (χ1) is 9.95. The smallest absolute Gasteiger partial charge is 0.244 e. The number of hydrogen-bond acceptors (Lipinski definition) is 4. The molecule has 1 aromatic carbocycles. The normalized spacial score (nSPS) is 23.2. The average Bonchev–Trinajstić information content (AvgIpc) is 2.47. The maximum absolute atomic E-state index is 12.4. The molecule has 0 bridgehead atoms. The maximum Gasteiger partial charge on any atom is 0.244 e. The van der Waals surface area contributed by atoms with Gasteiger partial charge in [-0.15, -0.1) is 0 Å². The summed E-state index contributed by atoms with van der Waals surface area (Å²) >= 11 is 1.91. The van der Waals surface area contributed by atoms with Crippen LogP contribution in [0.1, 0.15) is 25.7 Å². The number of sulfonamides is 1. The first kappa shape index (κ1) is 16.6. The minimum Gasteiger partial charge on any atom is -0.381 e. The summed E-state index contributed by atoms with van der Waals surface area (Å²) in [5.74, 6) is 0. The number of benzene rings is 1. The number of nitrogens with one attached hydrogen (secondary N) is 1. The molecule has 2 atom stereocenters. The molecule has 1 aliphatic carbocycles. The van der Waals surface area contributed by atoms with Crippen LogP contribution in [0.3, 0.4) is 0 Å². The van der Waals surface area contributed by atoms with Gasteiger partial charge in [-0.05, 0) is 37.7 Å². The number of thioether (sulfide) groups is 1. The van der Waals surface area contributed by atoms with Crippen LogP contribution in [-0.2, 0) is 10.0 Å². The van der Waals surface area contributed by atoms with E-state index in [2.05, 4.69) is 11.6 Å². The number of anilines is 1. The van der Waals surface area contributed by atoms with Crippen LogP contribution in [0.2, 0.25) is 0 Å². The van der Waals surface area contributed by atoms with E-state index in [1.54, 1.807) is 26.2 Å². The molecule has 2 unspecified atom stereocenters. The molecule has 1 fully saturated rings. The number of hydrogen-bond donors (Lipinski definition) is 1. The molecule has 1 saturated carbocycles. The Morgan fingerprint density at radius 1 is 1.24 bits per heavy atom. The van der Waals surface area contributed by atoms with Crippen molar-refractivity contribution >= 4 is 27.5 Å². The van der Waals surface area contributed by atoms with E-state index in [9.17, 15) is 8.42 Å². The van der Waals surface area contributed by atoms with Crippen LogP contribution in [0.15, 0.2) is 29.2 Å². The summed E-state index contributed by atoms with van der Waals surface area (Å²) in [7, 11) is -0.280. The summed E-state index contributed by atoms with van der Waals surface area (Å²) in [6.45, 7) is 0. The Hall–Kier alpha value is -0.720. The summed E-state index contributed by atoms with van der Waals surface area (Å²) in [5, 5.41) is 4.13. The minimum absolute atomic E-state index is 0.356. The van der Waals surface area contributed by atoms with Gasteiger partial charge < -0.3 is 5.32 Å². The molecule has 6 heteroatoms. The molecule has 0 aliphatic heterocycles. The molecule has 2 rings (SSSR count). The Balaban J connectivity index is 2.21. The van der Waals surface area contributed by atoms with Crippen LogP contribution >= 0.6 is 11.8 Å². The molecule has 1 aromatic rings. The SMILES string of the molecule is CSC1CCCC(Nc2ccccc2S(=O)(=O)N(C)C)C1. The van der Waals surface area contributed by atoms with E-state index in [0.717, 1.165) is 18.5 Å². The summed E-state index contributed by atoms with van der Waals surface area (Å²) in [6.07, 6.45) is 6.81. The highest BCUT2D eigenvalue weighted by Gasteiger charge is 2.25. The lowest BCUT2D eigenvalue weighted by molar-refractivity contribution is 0.472. The Morgan fingerprint density at radius 3 is 2.62 bits per heavy atom. The van der Waals surface area contributed by atoms with Crippen molar-refractivity contribution in [3.8, 4) is 0 Å². The third-order valence-corrected chi connectivity index (χ3v) is 6.93.